The average molecular weight is 423 g/mol. The summed E-state index contributed by atoms with van der Waals surface area (Å²) in [5, 5.41) is 30.6. The first kappa shape index (κ1) is 17.6. The van der Waals surface area contributed by atoms with Gasteiger partial charge >= 0.3 is 5.88 Å². The second-order valence-electron chi connectivity index (χ2n) is 6.56. The number of nitrogens with zero attached hydrogens (tertiary/aromatic N) is 5. The number of pyridine rings is 1. The van der Waals surface area contributed by atoms with Crippen molar-refractivity contribution in [3.05, 3.63) is 33.5 Å². The zero-order valence-corrected chi connectivity index (χ0v) is 16.5. The molecule has 4 aromatic rings. The van der Waals surface area contributed by atoms with Crippen LogP contribution in [0.25, 0.3) is 21.3 Å². The van der Waals surface area contributed by atoms with Gasteiger partial charge in [0.15, 0.2) is 6.04 Å². The predicted molar refractivity (Wildman–Crippen MR) is 108 cm³/mol. The Kier molecular flexibility index (Phi) is 3.97. The van der Waals surface area contributed by atoms with Gasteiger partial charge in [0.1, 0.15) is 22.3 Å². The lowest BCUT2D eigenvalue weighted by Crippen LogP contribution is -2.32. The van der Waals surface area contributed by atoms with E-state index in [1.165, 1.54) is 11.3 Å². The molecular weight excluding hydrogens is 410 g/mol. The van der Waals surface area contributed by atoms with Crippen LogP contribution in [0.15, 0.2) is 32.5 Å². The Morgan fingerprint density at radius 3 is 2.93 bits per heavy atom. The fraction of sp³-hybridized carbons (Fsp3) is 0.167. The van der Waals surface area contributed by atoms with Crippen molar-refractivity contribution >= 4 is 56.2 Å². The fourth-order valence-electron chi connectivity index (χ4n) is 3.10. The van der Waals surface area contributed by atoms with E-state index in [1.54, 1.807) is 10.9 Å². The lowest BCUT2D eigenvalue weighted by atomic mass is 9.99. The minimum Gasteiger partial charge on any atom is -0.857 e. The molecule has 1 aliphatic carbocycles. The van der Waals surface area contributed by atoms with Crippen LogP contribution in [0.4, 0.5) is 17.4 Å². The highest BCUT2D eigenvalue weighted by molar-refractivity contribution is 7.21. The third-order valence-electron chi connectivity index (χ3n) is 4.62. The van der Waals surface area contributed by atoms with E-state index in [0.29, 0.717) is 21.8 Å². The number of fused-ring (bicyclic) bond motifs is 1. The normalized spacial score (nSPS) is 14.4. The monoisotopic (exact) mass is 423 g/mol. The molecule has 0 atom stereocenters. The van der Waals surface area contributed by atoms with Crippen LogP contribution in [0, 0.1) is 11.3 Å². The molecule has 9 nitrogen and oxygen atoms in total. The molecule has 0 bridgehead atoms. The number of aromatic nitrogens is 3. The van der Waals surface area contributed by atoms with E-state index in [1.807, 2.05) is 16.8 Å². The molecule has 4 aromatic heterocycles. The molecule has 5 rings (SSSR count). The molecule has 0 radical (unpaired) electrons. The molecule has 0 aliphatic heterocycles. The molecule has 4 heterocycles. The second kappa shape index (κ2) is 6.54. The Morgan fingerprint density at radius 1 is 1.41 bits per heavy atom. The molecule has 0 unspecified atom stereocenters. The van der Waals surface area contributed by atoms with Gasteiger partial charge in [-0.1, -0.05) is 0 Å². The highest BCUT2D eigenvalue weighted by Crippen LogP contribution is 2.43. The van der Waals surface area contributed by atoms with Crippen LogP contribution in [0.2, 0.25) is 0 Å². The van der Waals surface area contributed by atoms with Crippen LogP contribution >= 0.6 is 22.7 Å². The summed E-state index contributed by atoms with van der Waals surface area (Å²) in [6.45, 7) is 0. The second-order valence-corrected chi connectivity index (χ2v) is 8.34. The topological polar surface area (TPSA) is 154 Å². The van der Waals surface area contributed by atoms with E-state index < -0.39 is 5.90 Å². The van der Waals surface area contributed by atoms with Crippen molar-refractivity contribution in [1.29, 1.82) is 5.26 Å². The van der Waals surface area contributed by atoms with Crippen LogP contribution in [-0.4, -0.2) is 16.2 Å². The van der Waals surface area contributed by atoms with E-state index in [9.17, 15) is 10.4 Å². The number of nitrogens with two attached hydrogens (primary N) is 2. The largest absolute Gasteiger partial charge is 0.857 e. The first-order chi connectivity index (χ1) is 14.1. The zero-order valence-electron chi connectivity index (χ0n) is 14.8. The van der Waals surface area contributed by atoms with Crippen molar-refractivity contribution in [2.24, 2.45) is 4.99 Å². The lowest BCUT2D eigenvalue weighted by Gasteiger charge is -2.09. The smallest absolute Gasteiger partial charge is 0.320 e. The summed E-state index contributed by atoms with van der Waals surface area (Å²) in [6, 6.07) is 4.29. The van der Waals surface area contributed by atoms with Gasteiger partial charge in [-0.05, 0) is 27.1 Å². The standard InChI is InChI=1S/C18H13N7O2S2/c19-5-10-12(8-3-4-28-7-8)13-14(20)15(29-18(13)23-16(10)21)17(26)22-11-6-25(24-27-11)9-1-2-9/h3-4,6-7,9H,1-2H2,(H4-,20,21,22,23,24,26). The van der Waals surface area contributed by atoms with Crippen LogP contribution < -0.4 is 21.3 Å². The number of rotatable bonds is 4. The molecule has 11 heteroatoms. The van der Waals surface area contributed by atoms with E-state index >= 15 is 0 Å². The molecule has 144 valence electrons. The van der Waals surface area contributed by atoms with Crippen LogP contribution in [0.1, 0.15) is 29.3 Å². The number of nitrogen functional groups attached to an aromatic ring is 2. The summed E-state index contributed by atoms with van der Waals surface area (Å²) in [7, 11) is 0. The van der Waals surface area contributed by atoms with Gasteiger partial charge in [0.2, 0.25) is 5.27 Å². The summed E-state index contributed by atoms with van der Waals surface area (Å²) in [5.41, 5.74) is 14.2. The van der Waals surface area contributed by atoms with Crippen LogP contribution in [-0.2, 0) is 0 Å². The Hall–Kier alpha value is -3.49. The number of thiophene rings is 2. The first-order valence-corrected chi connectivity index (χ1v) is 10.4. The fourth-order valence-corrected chi connectivity index (χ4v) is 4.74. The molecule has 0 saturated heterocycles. The number of hydrogen-bond acceptors (Lipinski definition) is 10. The van der Waals surface area contributed by atoms with Gasteiger partial charge < -0.3 is 16.6 Å². The zero-order chi connectivity index (χ0) is 20.1. The first-order valence-electron chi connectivity index (χ1n) is 8.65. The Morgan fingerprint density at radius 2 is 2.24 bits per heavy atom. The Balaban J connectivity index is 1.67. The number of hydrogen-bond donors (Lipinski definition) is 2. The minimum atomic E-state index is -0.557. The van der Waals surface area contributed by atoms with E-state index in [4.69, 9.17) is 16.0 Å². The van der Waals surface area contributed by atoms with Crippen molar-refractivity contribution in [2.45, 2.75) is 18.9 Å². The molecule has 1 fully saturated rings. The van der Waals surface area contributed by atoms with Crippen molar-refractivity contribution < 1.29 is 14.3 Å². The number of aliphatic imine (C=N–C) groups is 1. The van der Waals surface area contributed by atoms with Gasteiger partial charge in [-0.2, -0.15) is 16.6 Å². The Bertz CT molecular complexity index is 1310. The summed E-state index contributed by atoms with van der Waals surface area (Å²) in [4.78, 5) is 8.97. The van der Waals surface area contributed by atoms with E-state index in [0.717, 1.165) is 29.7 Å². The lowest BCUT2D eigenvalue weighted by molar-refractivity contribution is -0.765. The maximum Gasteiger partial charge on any atom is 0.320 e. The van der Waals surface area contributed by atoms with Crippen LogP contribution in [0.5, 0.6) is 0 Å². The molecule has 0 amide bonds. The third kappa shape index (κ3) is 2.89. The van der Waals surface area contributed by atoms with Crippen molar-refractivity contribution in [2.75, 3.05) is 11.5 Å². The summed E-state index contributed by atoms with van der Waals surface area (Å²) in [5.74, 6) is -0.348. The van der Waals surface area contributed by atoms with E-state index in [-0.39, 0.29) is 27.8 Å². The van der Waals surface area contributed by atoms with E-state index in [2.05, 4.69) is 21.3 Å². The highest BCUT2D eigenvalue weighted by Gasteiger charge is 2.35. The molecular formula is C18H13N7O2S2. The van der Waals surface area contributed by atoms with Gasteiger partial charge in [-0.15, -0.1) is 11.3 Å². The van der Waals surface area contributed by atoms with Gasteiger partial charge in [0.05, 0.1) is 10.6 Å². The van der Waals surface area contributed by atoms with Crippen molar-refractivity contribution in [1.82, 2.24) is 10.3 Å². The third-order valence-corrected chi connectivity index (χ3v) is 6.40. The van der Waals surface area contributed by atoms with Crippen molar-refractivity contribution in [3.63, 3.8) is 0 Å². The maximum absolute atomic E-state index is 12.8. The predicted octanol–water partition coefficient (Wildman–Crippen LogP) is 2.11. The quantitative estimate of drug-likeness (QED) is 0.289. The average Bonchev–Trinajstić information content (AvgIpc) is 3.09. The summed E-state index contributed by atoms with van der Waals surface area (Å²) < 4.78 is 6.79. The van der Waals surface area contributed by atoms with Gasteiger partial charge in [0, 0.05) is 29.7 Å². The van der Waals surface area contributed by atoms with Gasteiger partial charge in [-0.25, -0.2) is 9.98 Å². The van der Waals surface area contributed by atoms with Crippen molar-refractivity contribution in [3.8, 4) is 17.2 Å². The molecule has 29 heavy (non-hydrogen) atoms. The number of nitriles is 1. The molecule has 0 spiro atoms. The SMILES string of the molecule is N#Cc1c(N)nc2sc(/C([O-])=N/c3c[n+](C4CC4)no3)c(N)c2c1-c1ccsc1. The maximum atomic E-state index is 12.8. The summed E-state index contributed by atoms with van der Waals surface area (Å²) in [6.07, 6.45) is 3.67. The Labute approximate surface area is 172 Å². The highest BCUT2D eigenvalue weighted by atomic mass is 32.1. The van der Waals surface area contributed by atoms with Gasteiger partial charge in [0.25, 0.3) is 6.20 Å². The van der Waals surface area contributed by atoms with Gasteiger partial charge in [-0.3, -0.25) is 4.52 Å². The molecule has 4 N–H and O–H groups in total. The molecule has 1 aliphatic rings. The summed E-state index contributed by atoms with van der Waals surface area (Å²) >= 11 is 2.57. The van der Waals surface area contributed by atoms with Crippen LogP contribution in [0.3, 0.4) is 0 Å². The molecule has 0 aromatic carbocycles. The minimum absolute atomic E-state index is 0.0964. The number of anilines is 2. The molecule has 1 saturated carbocycles.